The second-order valence-corrected chi connectivity index (χ2v) is 10.2. The van der Waals surface area contributed by atoms with E-state index < -0.39 is 30.9 Å². The third kappa shape index (κ3) is 3.64. The van der Waals surface area contributed by atoms with Crippen LogP contribution in [0.2, 0.25) is 0 Å². The molecule has 1 fully saturated rings. The molecule has 0 bridgehead atoms. The number of phenolic OH excluding ortho intramolecular Hbond substituents is 1. The van der Waals surface area contributed by atoms with Gasteiger partial charge in [0, 0.05) is 11.5 Å². The van der Waals surface area contributed by atoms with Crippen LogP contribution in [0.1, 0.15) is 87.0 Å². The number of rotatable bonds is 3. The minimum Gasteiger partial charge on any atom is -0.504 e. The third-order valence-electron chi connectivity index (χ3n) is 7.56. The first-order valence-corrected chi connectivity index (χ1v) is 11.6. The Kier molecular flexibility index (Phi) is 6.09. The standard InChI is InChI=1S/C25H36O7/c1-11(2)8-16-13(4)9-15-7-6-12(3)18-20(15)19(16)14(5)23(22(18)28)32-25(30)24(29)21(27)17(26)10-31-25/h8,12-13,15-17,21,24,26-30H,6-7,9-10H2,1-5H3/t12-,13+,15+,16+,17-,21-,24+,25-/m0/s1. The van der Waals surface area contributed by atoms with Crippen molar-refractivity contribution in [2.24, 2.45) is 5.92 Å². The molecule has 1 saturated heterocycles. The Labute approximate surface area is 189 Å². The van der Waals surface area contributed by atoms with Gasteiger partial charge in [-0.3, -0.25) is 0 Å². The number of aliphatic hydroxyl groups excluding tert-OH is 3. The van der Waals surface area contributed by atoms with Crippen LogP contribution in [-0.4, -0.2) is 56.4 Å². The van der Waals surface area contributed by atoms with Gasteiger partial charge in [0.1, 0.15) is 12.2 Å². The van der Waals surface area contributed by atoms with Gasteiger partial charge >= 0.3 is 5.97 Å². The number of phenols is 1. The molecule has 178 valence electrons. The second kappa shape index (κ2) is 8.29. The molecule has 4 rings (SSSR count). The Bertz CT molecular complexity index is 922. The summed E-state index contributed by atoms with van der Waals surface area (Å²) in [6.45, 7) is 9.92. The van der Waals surface area contributed by atoms with Crippen LogP contribution in [0.5, 0.6) is 11.5 Å². The Morgan fingerprint density at radius 1 is 1.09 bits per heavy atom. The van der Waals surface area contributed by atoms with Crippen LogP contribution in [0.15, 0.2) is 11.6 Å². The van der Waals surface area contributed by atoms with E-state index in [4.69, 9.17) is 9.47 Å². The lowest BCUT2D eigenvalue weighted by molar-refractivity contribution is -0.401. The topological polar surface area (TPSA) is 120 Å². The quantitative estimate of drug-likeness (QED) is 0.356. The highest BCUT2D eigenvalue weighted by molar-refractivity contribution is 5.64. The SMILES string of the molecule is CC(C)=C[C@H]1c2c(C)c(O[C@@]3(O)OC[C@H](O)[C@H](O)[C@H]3O)c(O)c3c2[C@H](CC[C@@H]3C)C[C@H]1C. The first-order chi connectivity index (χ1) is 15.0. The Morgan fingerprint density at radius 2 is 1.78 bits per heavy atom. The lowest BCUT2D eigenvalue weighted by Crippen LogP contribution is -2.63. The number of hydrogen-bond acceptors (Lipinski definition) is 7. The molecule has 7 heteroatoms. The molecule has 1 aromatic carbocycles. The molecule has 5 N–H and O–H groups in total. The molecule has 0 aromatic heterocycles. The van der Waals surface area contributed by atoms with Crippen molar-refractivity contribution >= 4 is 0 Å². The van der Waals surface area contributed by atoms with E-state index in [0.717, 1.165) is 30.4 Å². The maximum atomic E-state index is 11.3. The van der Waals surface area contributed by atoms with Gasteiger partial charge in [0.25, 0.3) is 0 Å². The summed E-state index contributed by atoms with van der Waals surface area (Å²) >= 11 is 0. The third-order valence-corrected chi connectivity index (χ3v) is 7.56. The summed E-state index contributed by atoms with van der Waals surface area (Å²) in [4.78, 5) is 0. The fraction of sp³-hybridized carbons (Fsp3) is 0.680. The van der Waals surface area contributed by atoms with E-state index in [1.807, 2.05) is 6.92 Å². The smallest absolute Gasteiger partial charge is 0.355 e. The molecule has 0 radical (unpaired) electrons. The molecule has 3 aliphatic rings. The van der Waals surface area contributed by atoms with Crippen molar-refractivity contribution in [3.63, 3.8) is 0 Å². The van der Waals surface area contributed by atoms with Crippen LogP contribution in [-0.2, 0) is 4.74 Å². The molecule has 0 saturated carbocycles. The number of benzene rings is 1. The van der Waals surface area contributed by atoms with E-state index in [1.165, 1.54) is 11.1 Å². The van der Waals surface area contributed by atoms with E-state index >= 15 is 0 Å². The first-order valence-electron chi connectivity index (χ1n) is 11.6. The number of hydrogen-bond donors (Lipinski definition) is 5. The van der Waals surface area contributed by atoms with Crippen molar-refractivity contribution in [1.82, 2.24) is 0 Å². The molecule has 2 aliphatic carbocycles. The largest absolute Gasteiger partial charge is 0.504 e. The fourth-order valence-electron chi connectivity index (χ4n) is 5.90. The van der Waals surface area contributed by atoms with E-state index in [1.54, 1.807) is 0 Å². The van der Waals surface area contributed by atoms with E-state index in [2.05, 4.69) is 33.8 Å². The first kappa shape index (κ1) is 23.5. The predicted molar refractivity (Wildman–Crippen MR) is 119 cm³/mol. The van der Waals surface area contributed by atoms with Gasteiger partial charge in [0.2, 0.25) is 0 Å². The molecular formula is C25H36O7. The molecule has 0 amide bonds. The van der Waals surface area contributed by atoms with Gasteiger partial charge in [-0.15, -0.1) is 0 Å². The zero-order valence-corrected chi connectivity index (χ0v) is 19.5. The van der Waals surface area contributed by atoms with Crippen LogP contribution in [0.25, 0.3) is 0 Å². The van der Waals surface area contributed by atoms with Crippen LogP contribution < -0.4 is 4.74 Å². The van der Waals surface area contributed by atoms with Crippen LogP contribution in [0, 0.1) is 12.8 Å². The zero-order chi connectivity index (χ0) is 23.5. The van der Waals surface area contributed by atoms with Gasteiger partial charge < -0.3 is 35.0 Å². The second-order valence-electron chi connectivity index (χ2n) is 10.2. The minimum atomic E-state index is -2.59. The monoisotopic (exact) mass is 448 g/mol. The van der Waals surface area contributed by atoms with Gasteiger partial charge in [-0.05, 0) is 74.5 Å². The number of ether oxygens (including phenoxy) is 2. The Balaban J connectivity index is 1.90. The van der Waals surface area contributed by atoms with Crippen molar-refractivity contribution in [3.05, 3.63) is 33.9 Å². The molecule has 1 heterocycles. The zero-order valence-electron chi connectivity index (χ0n) is 19.5. The summed E-state index contributed by atoms with van der Waals surface area (Å²) in [6.07, 6.45) is 0.421. The highest BCUT2D eigenvalue weighted by Gasteiger charge is 2.52. The van der Waals surface area contributed by atoms with Crippen LogP contribution >= 0.6 is 0 Å². The van der Waals surface area contributed by atoms with E-state index in [9.17, 15) is 25.5 Å². The normalized spacial score (nSPS) is 38.7. The predicted octanol–water partition coefficient (Wildman–Crippen LogP) is 2.91. The average molecular weight is 449 g/mol. The van der Waals surface area contributed by atoms with Gasteiger partial charge in [-0.1, -0.05) is 25.5 Å². The van der Waals surface area contributed by atoms with Crippen molar-refractivity contribution in [1.29, 1.82) is 0 Å². The van der Waals surface area contributed by atoms with Crippen molar-refractivity contribution < 1.29 is 35.0 Å². The van der Waals surface area contributed by atoms with Crippen molar-refractivity contribution in [2.75, 3.05) is 6.61 Å². The molecule has 8 atom stereocenters. The lowest BCUT2D eigenvalue weighted by Gasteiger charge is -2.44. The fourth-order valence-corrected chi connectivity index (χ4v) is 5.90. The molecule has 1 aromatic rings. The molecule has 7 nitrogen and oxygen atoms in total. The summed E-state index contributed by atoms with van der Waals surface area (Å²) in [5.74, 6) is -1.57. The van der Waals surface area contributed by atoms with Crippen molar-refractivity contribution in [3.8, 4) is 11.5 Å². The Morgan fingerprint density at radius 3 is 2.44 bits per heavy atom. The molecule has 1 aliphatic heterocycles. The van der Waals surface area contributed by atoms with Gasteiger partial charge in [-0.25, -0.2) is 0 Å². The number of aromatic hydroxyl groups is 1. The summed E-state index contributed by atoms with van der Waals surface area (Å²) in [7, 11) is 0. The summed E-state index contributed by atoms with van der Waals surface area (Å²) in [5, 5.41) is 52.4. The molecule has 32 heavy (non-hydrogen) atoms. The molecular weight excluding hydrogens is 412 g/mol. The number of allylic oxidation sites excluding steroid dienone is 2. The maximum Gasteiger partial charge on any atom is 0.355 e. The van der Waals surface area contributed by atoms with E-state index in [0.29, 0.717) is 17.4 Å². The summed E-state index contributed by atoms with van der Waals surface area (Å²) in [6, 6.07) is 0. The Hall–Kier alpha value is -1.64. The van der Waals surface area contributed by atoms with Gasteiger partial charge in [0.15, 0.2) is 17.6 Å². The highest BCUT2D eigenvalue weighted by atomic mass is 16.8. The van der Waals surface area contributed by atoms with Gasteiger partial charge in [0.05, 0.1) is 6.61 Å². The summed E-state index contributed by atoms with van der Waals surface area (Å²) in [5.41, 5.74) is 5.04. The van der Waals surface area contributed by atoms with Gasteiger partial charge in [-0.2, -0.15) is 0 Å². The van der Waals surface area contributed by atoms with Crippen LogP contribution in [0.4, 0.5) is 0 Å². The van der Waals surface area contributed by atoms with E-state index in [-0.39, 0.29) is 23.3 Å². The number of aliphatic hydroxyl groups is 4. The minimum absolute atomic E-state index is 0.0474. The van der Waals surface area contributed by atoms with Crippen molar-refractivity contribution in [2.45, 2.75) is 95.9 Å². The lowest BCUT2D eigenvalue weighted by atomic mass is 9.62. The average Bonchev–Trinajstić information content (AvgIpc) is 2.73. The molecule has 0 unspecified atom stereocenters. The summed E-state index contributed by atoms with van der Waals surface area (Å²) < 4.78 is 11.0. The molecule has 0 spiro atoms. The highest BCUT2D eigenvalue weighted by Crippen LogP contribution is 2.58. The van der Waals surface area contributed by atoms with Crippen LogP contribution in [0.3, 0.4) is 0 Å². The maximum absolute atomic E-state index is 11.3.